The van der Waals surface area contributed by atoms with Crippen LogP contribution < -0.4 is 0 Å². The molecule has 0 aromatic heterocycles. The van der Waals surface area contributed by atoms with Gasteiger partial charge in [0.05, 0.1) is 0 Å². The number of carbonyl (C=O) groups is 1. The third-order valence-corrected chi connectivity index (χ3v) is 5.47. The number of aliphatic hydroxyl groups is 1. The molecule has 1 amide bonds. The normalized spacial score (nSPS) is 21.3. The molecule has 6 heteroatoms. The summed E-state index contributed by atoms with van der Waals surface area (Å²) in [5.74, 6) is -3.24. The van der Waals surface area contributed by atoms with E-state index in [1.807, 2.05) is 48.5 Å². The van der Waals surface area contributed by atoms with Crippen LogP contribution in [0.3, 0.4) is 0 Å². The highest BCUT2D eigenvalue weighted by atomic mass is 19.3. The molecule has 27 heavy (non-hydrogen) atoms. The third-order valence-electron chi connectivity index (χ3n) is 5.47. The van der Waals surface area contributed by atoms with E-state index in [4.69, 9.17) is 4.74 Å². The van der Waals surface area contributed by atoms with Crippen LogP contribution in [0.5, 0.6) is 0 Å². The van der Waals surface area contributed by atoms with Crippen LogP contribution >= 0.6 is 0 Å². The second-order valence-corrected chi connectivity index (χ2v) is 7.11. The van der Waals surface area contributed by atoms with E-state index >= 15 is 0 Å². The highest BCUT2D eigenvalue weighted by molar-refractivity contribution is 5.79. The lowest BCUT2D eigenvalue weighted by Crippen LogP contribution is -2.34. The zero-order chi connectivity index (χ0) is 19.0. The maximum absolute atomic E-state index is 13.6. The van der Waals surface area contributed by atoms with Crippen molar-refractivity contribution in [2.45, 2.75) is 30.8 Å². The predicted molar refractivity (Wildman–Crippen MR) is 96.8 cm³/mol. The molecule has 4 nitrogen and oxygen atoms in total. The highest BCUT2D eigenvalue weighted by Crippen LogP contribution is 2.44. The standard InChI is InChI=1S/C21H21F2NO3/c22-21(23)10-12-24(11-9-19(21)25)20(26)27-13-18-16-7-3-1-5-14(16)15-6-2-4-8-17(15)18/h1-8,18-19,25H,9-13H2. The first-order chi connectivity index (χ1) is 13.0. The average Bonchev–Trinajstić information content (AvgIpc) is 2.92. The molecular formula is C21H21F2NO3. The van der Waals surface area contributed by atoms with Gasteiger partial charge in [-0.3, -0.25) is 0 Å². The number of halogens is 2. The molecule has 1 N–H and O–H groups in total. The molecule has 2 aromatic rings. The van der Waals surface area contributed by atoms with E-state index in [2.05, 4.69) is 0 Å². The first-order valence-electron chi connectivity index (χ1n) is 9.13. The van der Waals surface area contributed by atoms with E-state index in [0.717, 1.165) is 22.3 Å². The van der Waals surface area contributed by atoms with Crippen molar-refractivity contribution < 1.29 is 23.4 Å². The number of fused-ring (bicyclic) bond motifs is 3. The van der Waals surface area contributed by atoms with Gasteiger partial charge in [0.1, 0.15) is 12.7 Å². The van der Waals surface area contributed by atoms with Gasteiger partial charge >= 0.3 is 6.09 Å². The summed E-state index contributed by atoms with van der Waals surface area (Å²) in [6.07, 6.45) is -3.04. The second-order valence-electron chi connectivity index (χ2n) is 7.11. The number of hydrogen-bond donors (Lipinski definition) is 1. The Bertz CT molecular complexity index is 809. The molecule has 1 fully saturated rings. The van der Waals surface area contributed by atoms with Crippen molar-refractivity contribution >= 4 is 6.09 Å². The Labute approximate surface area is 156 Å². The summed E-state index contributed by atoms with van der Waals surface area (Å²) >= 11 is 0. The van der Waals surface area contributed by atoms with Crippen molar-refractivity contribution in [2.75, 3.05) is 19.7 Å². The van der Waals surface area contributed by atoms with Gasteiger partial charge in [0, 0.05) is 25.4 Å². The maximum atomic E-state index is 13.6. The van der Waals surface area contributed by atoms with Gasteiger partial charge in [-0.1, -0.05) is 48.5 Å². The van der Waals surface area contributed by atoms with Crippen molar-refractivity contribution in [3.8, 4) is 11.1 Å². The number of benzene rings is 2. The van der Waals surface area contributed by atoms with Crippen LogP contribution in [0.25, 0.3) is 11.1 Å². The quantitative estimate of drug-likeness (QED) is 0.865. The Balaban J connectivity index is 1.47. The molecule has 0 spiro atoms. The molecular weight excluding hydrogens is 352 g/mol. The van der Waals surface area contributed by atoms with Crippen LogP contribution in [0.15, 0.2) is 48.5 Å². The van der Waals surface area contributed by atoms with Crippen LogP contribution in [-0.4, -0.2) is 47.8 Å². The molecule has 1 saturated heterocycles. The predicted octanol–water partition coefficient (Wildman–Crippen LogP) is 4.03. The van der Waals surface area contributed by atoms with Gasteiger partial charge in [0.15, 0.2) is 0 Å². The molecule has 0 radical (unpaired) electrons. The van der Waals surface area contributed by atoms with E-state index < -0.39 is 24.5 Å². The first-order valence-corrected chi connectivity index (χ1v) is 9.13. The number of aliphatic hydroxyl groups excluding tert-OH is 1. The molecule has 1 atom stereocenters. The Hall–Kier alpha value is -2.47. The fraction of sp³-hybridized carbons (Fsp3) is 0.381. The minimum absolute atomic E-state index is 0.0629. The fourth-order valence-corrected chi connectivity index (χ4v) is 3.92. The monoisotopic (exact) mass is 373 g/mol. The Morgan fingerprint density at radius 2 is 1.67 bits per heavy atom. The lowest BCUT2D eigenvalue weighted by Gasteiger charge is -2.21. The van der Waals surface area contributed by atoms with Gasteiger partial charge in [-0.15, -0.1) is 0 Å². The van der Waals surface area contributed by atoms with Crippen LogP contribution in [0.2, 0.25) is 0 Å². The molecule has 1 aliphatic heterocycles. The smallest absolute Gasteiger partial charge is 0.409 e. The van der Waals surface area contributed by atoms with Gasteiger partial charge in [-0.05, 0) is 28.7 Å². The number of hydrogen-bond acceptors (Lipinski definition) is 3. The maximum Gasteiger partial charge on any atom is 0.409 e. The zero-order valence-corrected chi connectivity index (χ0v) is 14.8. The summed E-state index contributed by atoms with van der Waals surface area (Å²) in [4.78, 5) is 13.7. The lowest BCUT2D eigenvalue weighted by atomic mass is 9.98. The van der Waals surface area contributed by atoms with Crippen molar-refractivity contribution in [1.82, 2.24) is 4.90 Å². The van der Waals surface area contributed by atoms with E-state index in [1.165, 1.54) is 4.90 Å². The first kappa shape index (κ1) is 17.9. The number of likely N-dealkylation sites (tertiary alicyclic amines) is 1. The SMILES string of the molecule is O=C(OCC1c2ccccc2-c2ccccc21)N1CCC(O)C(F)(F)CC1. The summed E-state index contributed by atoms with van der Waals surface area (Å²) in [5, 5.41) is 9.51. The summed E-state index contributed by atoms with van der Waals surface area (Å²) in [5.41, 5.74) is 4.46. The summed E-state index contributed by atoms with van der Waals surface area (Å²) in [6.45, 7) is 0.0937. The molecule has 2 aromatic carbocycles. The van der Waals surface area contributed by atoms with Crippen LogP contribution in [0.4, 0.5) is 13.6 Å². The van der Waals surface area contributed by atoms with Gasteiger partial charge in [0.2, 0.25) is 0 Å². The fourth-order valence-electron chi connectivity index (χ4n) is 3.92. The lowest BCUT2D eigenvalue weighted by molar-refractivity contribution is -0.108. The summed E-state index contributed by atoms with van der Waals surface area (Å²) in [7, 11) is 0. The second kappa shape index (κ2) is 6.93. The van der Waals surface area contributed by atoms with E-state index in [1.54, 1.807) is 0 Å². The van der Waals surface area contributed by atoms with Crippen LogP contribution in [0, 0.1) is 0 Å². The van der Waals surface area contributed by atoms with Crippen LogP contribution in [-0.2, 0) is 4.74 Å². The molecule has 1 aliphatic carbocycles. The number of amides is 1. The molecule has 142 valence electrons. The van der Waals surface area contributed by atoms with Gasteiger partial charge in [-0.25, -0.2) is 13.6 Å². The number of ether oxygens (including phenoxy) is 1. The number of nitrogens with zero attached hydrogens (tertiary/aromatic N) is 1. The van der Waals surface area contributed by atoms with Crippen molar-refractivity contribution in [2.24, 2.45) is 0 Å². The number of rotatable bonds is 2. The summed E-state index contributed by atoms with van der Waals surface area (Å²) in [6, 6.07) is 16.0. The topological polar surface area (TPSA) is 49.8 Å². The number of carbonyl (C=O) groups excluding carboxylic acids is 1. The molecule has 1 heterocycles. The van der Waals surface area contributed by atoms with Crippen molar-refractivity contribution in [3.05, 3.63) is 59.7 Å². The zero-order valence-electron chi connectivity index (χ0n) is 14.8. The van der Waals surface area contributed by atoms with Gasteiger partial charge in [0.25, 0.3) is 5.92 Å². The summed E-state index contributed by atoms with van der Waals surface area (Å²) < 4.78 is 32.8. The highest BCUT2D eigenvalue weighted by Gasteiger charge is 2.41. The van der Waals surface area contributed by atoms with Gasteiger partial charge < -0.3 is 14.7 Å². The molecule has 1 unspecified atom stereocenters. The van der Waals surface area contributed by atoms with Crippen molar-refractivity contribution in [1.29, 1.82) is 0 Å². The third kappa shape index (κ3) is 3.30. The van der Waals surface area contributed by atoms with Crippen molar-refractivity contribution in [3.63, 3.8) is 0 Å². The van der Waals surface area contributed by atoms with Gasteiger partial charge in [-0.2, -0.15) is 0 Å². The Morgan fingerprint density at radius 3 is 2.30 bits per heavy atom. The minimum Gasteiger partial charge on any atom is -0.448 e. The number of alkyl halides is 2. The molecule has 0 bridgehead atoms. The van der Waals surface area contributed by atoms with E-state index in [9.17, 15) is 18.7 Å². The minimum atomic E-state index is -3.17. The molecule has 4 rings (SSSR count). The molecule has 0 saturated carbocycles. The van der Waals surface area contributed by atoms with E-state index in [0.29, 0.717) is 0 Å². The van der Waals surface area contributed by atoms with Crippen LogP contribution in [0.1, 0.15) is 29.9 Å². The molecule has 2 aliphatic rings. The Kier molecular flexibility index (Phi) is 4.60. The van der Waals surface area contributed by atoms with E-state index in [-0.39, 0.29) is 32.0 Å². The average molecular weight is 373 g/mol. The Morgan fingerprint density at radius 1 is 1.07 bits per heavy atom. The largest absolute Gasteiger partial charge is 0.448 e.